The fourth-order valence-corrected chi connectivity index (χ4v) is 4.41. The number of aromatic amines is 1. The van der Waals surface area contributed by atoms with Gasteiger partial charge >= 0.3 is 0 Å². The number of fused-ring (bicyclic) bond motifs is 1. The van der Waals surface area contributed by atoms with Crippen molar-refractivity contribution in [1.29, 1.82) is 0 Å². The summed E-state index contributed by atoms with van der Waals surface area (Å²) >= 11 is 1.58. The number of rotatable bonds is 3. The van der Waals surface area contributed by atoms with Crippen LogP contribution >= 0.6 is 11.8 Å². The van der Waals surface area contributed by atoms with E-state index < -0.39 is 0 Å². The molecule has 25 heavy (non-hydrogen) atoms. The molecular formula is C17H22N6OS. The number of carbonyl (C=O) groups excluding carboxylic acids is 1. The minimum Gasteiger partial charge on any atom is -0.347 e. The van der Waals surface area contributed by atoms with Gasteiger partial charge in [-0.15, -0.1) is 11.8 Å². The molecule has 0 spiro atoms. The van der Waals surface area contributed by atoms with Gasteiger partial charge in [0.25, 0.3) is 5.91 Å². The van der Waals surface area contributed by atoms with Gasteiger partial charge in [-0.05, 0) is 31.7 Å². The molecule has 3 heterocycles. The predicted molar refractivity (Wildman–Crippen MR) is 100 cm³/mol. The third-order valence-corrected chi connectivity index (χ3v) is 5.88. The Labute approximate surface area is 150 Å². The average molecular weight is 358 g/mol. The standard InChI is InChI=1S/C17H22N6OS/c1-10-7-19-15-14(10)16(21-9-20-15)23-5-6-25-13(8-23)17(24)22-12-4-2-3-11(12)18/h7-9,11-12H,2-6,18H2,1H3,(H,22,24)(H,19,20,21)/t11-,12-/m1/s1. The van der Waals surface area contributed by atoms with Gasteiger partial charge in [-0.1, -0.05) is 0 Å². The summed E-state index contributed by atoms with van der Waals surface area (Å²) in [7, 11) is 0. The fraction of sp³-hybridized carbons (Fsp3) is 0.471. The van der Waals surface area contributed by atoms with Crippen LogP contribution in [0.5, 0.6) is 0 Å². The Morgan fingerprint density at radius 2 is 2.32 bits per heavy atom. The van der Waals surface area contributed by atoms with Crippen LogP contribution in [0.25, 0.3) is 11.0 Å². The van der Waals surface area contributed by atoms with Crippen molar-refractivity contribution in [2.75, 3.05) is 17.2 Å². The molecule has 1 fully saturated rings. The number of carbonyl (C=O) groups is 1. The summed E-state index contributed by atoms with van der Waals surface area (Å²) in [6.45, 7) is 2.84. The first kappa shape index (κ1) is 16.4. The third kappa shape index (κ3) is 3.11. The molecule has 0 aromatic carbocycles. The molecule has 0 bridgehead atoms. The van der Waals surface area contributed by atoms with Gasteiger partial charge in [0, 0.05) is 36.8 Å². The van der Waals surface area contributed by atoms with Crippen molar-refractivity contribution >= 4 is 34.5 Å². The van der Waals surface area contributed by atoms with Crippen LogP contribution in [0, 0.1) is 6.92 Å². The highest BCUT2D eigenvalue weighted by Crippen LogP contribution is 2.31. The zero-order valence-electron chi connectivity index (χ0n) is 14.2. The van der Waals surface area contributed by atoms with Crippen molar-refractivity contribution in [3.8, 4) is 0 Å². The van der Waals surface area contributed by atoms with Crippen LogP contribution in [0.4, 0.5) is 5.82 Å². The lowest BCUT2D eigenvalue weighted by molar-refractivity contribution is -0.117. The van der Waals surface area contributed by atoms with E-state index in [1.54, 1.807) is 18.1 Å². The van der Waals surface area contributed by atoms with Gasteiger partial charge < -0.3 is 20.9 Å². The Morgan fingerprint density at radius 3 is 3.12 bits per heavy atom. The molecule has 2 atom stereocenters. The van der Waals surface area contributed by atoms with Crippen molar-refractivity contribution < 1.29 is 4.79 Å². The number of anilines is 1. The van der Waals surface area contributed by atoms with Crippen molar-refractivity contribution in [2.45, 2.75) is 38.3 Å². The summed E-state index contributed by atoms with van der Waals surface area (Å²) in [6.07, 6.45) is 8.41. The molecule has 1 amide bonds. The maximum absolute atomic E-state index is 12.6. The predicted octanol–water partition coefficient (Wildman–Crippen LogP) is 1.66. The van der Waals surface area contributed by atoms with Crippen LogP contribution in [-0.2, 0) is 4.79 Å². The fourth-order valence-electron chi connectivity index (χ4n) is 3.51. The van der Waals surface area contributed by atoms with Crippen LogP contribution in [0.1, 0.15) is 24.8 Å². The van der Waals surface area contributed by atoms with E-state index in [4.69, 9.17) is 5.73 Å². The van der Waals surface area contributed by atoms with Gasteiger partial charge in [0.1, 0.15) is 17.8 Å². The van der Waals surface area contributed by atoms with E-state index in [1.165, 1.54) is 0 Å². The number of hydrogen-bond donors (Lipinski definition) is 3. The highest BCUT2D eigenvalue weighted by Gasteiger charge is 2.28. The molecule has 2 aromatic rings. The SMILES string of the molecule is Cc1c[nH]c2ncnc(N3C=C(C(=O)N[C@@H]4CCC[C@H]4N)SCC3)c12. The number of nitrogens with one attached hydrogen (secondary N) is 2. The van der Waals surface area contributed by atoms with Gasteiger partial charge in [-0.2, -0.15) is 0 Å². The molecule has 2 aliphatic rings. The molecule has 8 heteroatoms. The number of aromatic nitrogens is 3. The molecule has 0 radical (unpaired) electrons. The second kappa shape index (κ2) is 6.68. The zero-order chi connectivity index (χ0) is 17.4. The minimum atomic E-state index is -0.0341. The van der Waals surface area contributed by atoms with E-state index in [-0.39, 0.29) is 18.0 Å². The van der Waals surface area contributed by atoms with Crippen molar-refractivity contribution in [3.63, 3.8) is 0 Å². The monoisotopic (exact) mass is 358 g/mol. The van der Waals surface area contributed by atoms with Crippen LogP contribution in [0.15, 0.2) is 23.6 Å². The molecule has 1 aliphatic heterocycles. The molecular weight excluding hydrogens is 336 g/mol. The van der Waals surface area contributed by atoms with E-state index in [1.807, 2.05) is 24.2 Å². The van der Waals surface area contributed by atoms with Crippen LogP contribution < -0.4 is 16.0 Å². The molecule has 1 aliphatic carbocycles. The van der Waals surface area contributed by atoms with Crippen LogP contribution in [0.3, 0.4) is 0 Å². The van der Waals surface area contributed by atoms with Gasteiger partial charge in [0.05, 0.1) is 10.3 Å². The number of thioether (sulfide) groups is 1. The second-order valence-corrected chi connectivity index (χ2v) is 7.74. The summed E-state index contributed by atoms with van der Waals surface area (Å²) in [5, 5.41) is 4.10. The molecule has 0 unspecified atom stereocenters. The lowest BCUT2D eigenvalue weighted by Gasteiger charge is -2.26. The van der Waals surface area contributed by atoms with Crippen LogP contribution in [0.2, 0.25) is 0 Å². The Balaban J connectivity index is 1.59. The van der Waals surface area contributed by atoms with Crippen molar-refractivity contribution in [2.24, 2.45) is 5.73 Å². The number of amides is 1. The first-order chi connectivity index (χ1) is 12.1. The van der Waals surface area contributed by atoms with Crippen molar-refractivity contribution in [3.05, 3.63) is 29.2 Å². The second-order valence-electron chi connectivity index (χ2n) is 6.60. The Hall–Kier alpha value is -2.06. The number of aryl methyl sites for hydroxylation is 1. The van der Waals surface area contributed by atoms with Gasteiger partial charge in [-0.3, -0.25) is 4.79 Å². The highest BCUT2D eigenvalue weighted by molar-refractivity contribution is 8.04. The maximum atomic E-state index is 12.6. The van der Waals surface area contributed by atoms with E-state index in [0.29, 0.717) is 4.91 Å². The normalized spacial score (nSPS) is 23.8. The average Bonchev–Trinajstić information content (AvgIpc) is 3.21. The molecule has 132 valence electrons. The smallest absolute Gasteiger partial charge is 0.259 e. The Bertz CT molecular complexity index is 832. The van der Waals surface area contributed by atoms with Crippen LogP contribution in [-0.4, -0.2) is 45.2 Å². The number of H-pyrrole nitrogens is 1. The zero-order valence-corrected chi connectivity index (χ0v) is 15.0. The maximum Gasteiger partial charge on any atom is 0.259 e. The lowest BCUT2D eigenvalue weighted by Crippen LogP contribution is -2.44. The highest BCUT2D eigenvalue weighted by atomic mass is 32.2. The van der Waals surface area contributed by atoms with E-state index in [9.17, 15) is 4.79 Å². The molecule has 4 N–H and O–H groups in total. The minimum absolute atomic E-state index is 0.0341. The largest absolute Gasteiger partial charge is 0.347 e. The first-order valence-electron chi connectivity index (χ1n) is 8.60. The van der Waals surface area contributed by atoms with E-state index in [0.717, 1.165) is 54.0 Å². The molecule has 4 rings (SSSR count). The molecule has 0 saturated heterocycles. The molecule has 7 nitrogen and oxygen atoms in total. The van der Waals surface area contributed by atoms with E-state index >= 15 is 0 Å². The lowest BCUT2D eigenvalue weighted by atomic mass is 10.2. The number of nitrogens with zero attached hydrogens (tertiary/aromatic N) is 3. The van der Waals surface area contributed by atoms with Gasteiger partial charge in [-0.25, -0.2) is 9.97 Å². The summed E-state index contributed by atoms with van der Waals surface area (Å²) in [5.41, 5.74) is 7.98. The summed E-state index contributed by atoms with van der Waals surface area (Å²) < 4.78 is 0. The van der Waals surface area contributed by atoms with E-state index in [2.05, 4.69) is 20.3 Å². The van der Waals surface area contributed by atoms with Gasteiger partial charge in [0.15, 0.2) is 0 Å². The topological polar surface area (TPSA) is 99.9 Å². The Morgan fingerprint density at radius 1 is 1.44 bits per heavy atom. The Kier molecular flexibility index (Phi) is 4.39. The first-order valence-corrected chi connectivity index (χ1v) is 9.58. The molecule has 1 saturated carbocycles. The third-order valence-electron chi connectivity index (χ3n) is 4.89. The van der Waals surface area contributed by atoms with Crippen molar-refractivity contribution in [1.82, 2.24) is 20.3 Å². The molecule has 2 aromatic heterocycles. The summed E-state index contributed by atoms with van der Waals surface area (Å²) in [6, 6.07) is 0.153. The number of hydrogen-bond acceptors (Lipinski definition) is 6. The summed E-state index contributed by atoms with van der Waals surface area (Å²) in [4.78, 5) is 27.3. The quantitative estimate of drug-likeness (QED) is 0.772. The summed E-state index contributed by atoms with van der Waals surface area (Å²) in [5.74, 6) is 1.64. The van der Waals surface area contributed by atoms with Gasteiger partial charge in [0.2, 0.25) is 0 Å². The number of nitrogens with two attached hydrogens (primary N) is 1.